The van der Waals surface area contributed by atoms with E-state index in [9.17, 15) is 5.11 Å². The predicted molar refractivity (Wildman–Crippen MR) is 81.9 cm³/mol. The summed E-state index contributed by atoms with van der Waals surface area (Å²) in [6.07, 6.45) is 6.00. The molecule has 1 N–H and O–H groups in total. The van der Waals surface area contributed by atoms with Crippen LogP contribution >= 0.6 is 0 Å². The first kappa shape index (κ1) is 15.2. The molecule has 2 heterocycles. The molecule has 1 aromatic rings. The standard InChI is InChI=1S/C17H22O5/c1-19-14-7-11(8-15(20-2)16(14)21-3)13-9-12-5-4-6-17(13,10-18)22-12/h4,6-8,12-13,18H,5,9-10H2,1-3H3/t12-,13?,17-/m0/s1. The summed E-state index contributed by atoms with van der Waals surface area (Å²) < 4.78 is 22.3. The average Bonchev–Trinajstić information content (AvgIpc) is 2.84. The molecule has 0 radical (unpaired) electrons. The Bertz CT molecular complexity index is 557. The molecule has 1 unspecified atom stereocenters. The fourth-order valence-electron chi connectivity index (χ4n) is 3.54. The Kier molecular flexibility index (Phi) is 4.02. The molecular formula is C17H22O5. The van der Waals surface area contributed by atoms with Crippen LogP contribution in [0, 0.1) is 0 Å². The third kappa shape index (κ3) is 2.25. The zero-order chi connectivity index (χ0) is 15.7. The van der Waals surface area contributed by atoms with E-state index in [1.165, 1.54) is 0 Å². The molecular weight excluding hydrogens is 284 g/mol. The number of hydrogen-bond acceptors (Lipinski definition) is 5. The maximum absolute atomic E-state index is 9.89. The van der Waals surface area contributed by atoms with Crippen LogP contribution in [0.15, 0.2) is 24.3 Å². The zero-order valence-corrected chi connectivity index (χ0v) is 13.2. The Morgan fingerprint density at radius 3 is 2.41 bits per heavy atom. The minimum atomic E-state index is -0.645. The Morgan fingerprint density at radius 2 is 1.86 bits per heavy atom. The van der Waals surface area contributed by atoms with Gasteiger partial charge in [-0.15, -0.1) is 0 Å². The van der Waals surface area contributed by atoms with Crippen molar-refractivity contribution in [1.82, 2.24) is 0 Å². The van der Waals surface area contributed by atoms with Crippen LogP contribution in [0.1, 0.15) is 24.3 Å². The van der Waals surface area contributed by atoms with Crippen molar-refractivity contribution in [3.63, 3.8) is 0 Å². The Balaban J connectivity index is 2.06. The first-order valence-electron chi connectivity index (χ1n) is 7.43. The number of benzene rings is 1. The minimum absolute atomic E-state index is 0.0404. The van der Waals surface area contributed by atoms with Gasteiger partial charge in [-0.3, -0.25) is 0 Å². The molecule has 22 heavy (non-hydrogen) atoms. The van der Waals surface area contributed by atoms with E-state index in [4.69, 9.17) is 18.9 Å². The Morgan fingerprint density at radius 1 is 1.18 bits per heavy atom. The van der Waals surface area contributed by atoms with Gasteiger partial charge in [0, 0.05) is 5.92 Å². The van der Waals surface area contributed by atoms with Gasteiger partial charge >= 0.3 is 0 Å². The second-order valence-electron chi connectivity index (χ2n) is 5.74. The number of aliphatic hydroxyl groups excluding tert-OH is 1. The number of methoxy groups -OCH3 is 3. The van der Waals surface area contributed by atoms with Gasteiger partial charge in [-0.2, -0.15) is 0 Å². The molecule has 0 aliphatic carbocycles. The molecule has 5 heteroatoms. The summed E-state index contributed by atoms with van der Waals surface area (Å²) >= 11 is 0. The van der Waals surface area contributed by atoms with Crippen molar-refractivity contribution >= 4 is 0 Å². The van der Waals surface area contributed by atoms with Crippen LogP contribution in [0.2, 0.25) is 0 Å². The molecule has 1 aromatic carbocycles. The van der Waals surface area contributed by atoms with E-state index < -0.39 is 5.60 Å². The number of ether oxygens (including phenoxy) is 4. The predicted octanol–water partition coefficient (Wildman–Crippen LogP) is 2.28. The molecule has 0 spiro atoms. The largest absolute Gasteiger partial charge is 0.493 e. The van der Waals surface area contributed by atoms with Crippen LogP contribution in [0.25, 0.3) is 0 Å². The number of aliphatic hydroxyl groups is 1. The summed E-state index contributed by atoms with van der Waals surface area (Å²) in [6.45, 7) is -0.0404. The van der Waals surface area contributed by atoms with Crippen LogP contribution < -0.4 is 14.2 Å². The fourth-order valence-corrected chi connectivity index (χ4v) is 3.54. The van der Waals surface area contributed by atoms with Crippen LogP contribution in [0.5, 0.6) is 17.2 Å². The molecule has 0 aromatic heterocycles. The molecule has 3 rings (SSSR count). The van der Waals surface area contributed by atoms with E-state index in [1.54, 1.807) is 21.3 Å². The fraction of sp³-hybridized carbons (Fsp3) is 0.529. The van der Waals surface area contributed by atoms with Gasteiger partial charge in [0.25, 0.3) is 0 Å². The van der Waals surface area contributed by atoms with Crippen molar-refractivity contribution in [2.24, 2.45) is 0 Å². The molecule has 2 aliphatic heterocycles. The van der Waals surface area contributed by atoms with Gasteiger partial charge in [0.2, 0.25) is 5.75 Å². The lowest BCUT2D eigenvalue weighted by Gasteiger charge is -2.32. The van der Waals surface area contributed by atoms with E-state index in [2.05, 4.69) is 6.08 Å². The van der Waals surface area contributed by atoms with Crippen molar-refractivity contribution < 1.29 is 24.1 Å². The third-order valence-electron chi connectivity index (χ3n) is 4.61. The molecule has 5 nitrogen and oxygen atoms in total. The minimum Gasteiger partial charge on any atom is -0.493 e. The molecule has 0 saturated carbocycles. The van der Waals surface area contributed by atoms with E-state index in [0.29, 0.717) is 17.2 Å². The highest BCUT2D eigenvalue weighted by Gasteiger charge is 2.49. The number of rotatable bonds is 5. The highest BCUT2D eigenvalue weighted by Crippen LogP contribution is 2.50. The second-order valence-corrected chi connectivity index (χ2v) is 5.74. The molecule has 1 fully saturated rings. The quantitative estimate of drug-likeness (QED) is 0.846. The molecule has 1 saturated heterocycles. The van der Waals surface area contributed by atoms with E-state index in [-0.39, 0.29) is 18.6 Å². The van der Waals surface area contributed by atoms with Crippen LogP contribution in [0.4, 0.5) is 0 Å². The van der Waals surface area contributed by atoms with Crippen molar-refractivity contribution in [1.29, 1.82) is 0 Å². The van der Waals surface area contributed by atoms with Crippen molar-refractivity contribution in [3.05, 3.63) is 29.8 Å². The van der Waals surface area contributed by atoms with Crippen molar-refractivity contribution in [2.75, 3.05) is 27.9 Å². The summed E-state index contributed by atoms with van der Waals surface area (Å²) in [7, 11) is 4.79. The summed E-state index contributed by atoms with van der Waals surface area (Å²) in [5.41, 5.74) is 0.380. The van der Waals surface area contributed by atoms with Gasteiger partial charge in [-0.1, -0.05) is 12.2 Å². The summed E-state index contributed by atoms with van der Waals surface area (Å²) in [5, 5.41) is 9.89. The highest BCUT2D eigenvalue weighted by atomic mass is 16.5. The molecule has 3 atom stereocenters. The summed E-state index contributed by atoms with van der Waals surface area (Å²) in [5.74, 6) is 1.88. The SMILES string of the molecule is COc1cc(C2C[C@@H]3CC=C[C@@]2(CO)O3)cc(OC)c1OC. The van der Waals surface area contributed by atoms with Crippen molar-refractivity contribution in [2.45, 2.75) is 30.5 Å². The van der Waals surface area contributed by atoms with Crippen LogP contribution in [-0.4, -0.2) is 44.7 Å². The average molecular weight is 306 g/mol. The smallest absolute Gasteiger partial charge is 0.203 e. The van der Waals surface area contributed by atoms with E-state index in [1.807, 2.05) is 18.2 Å². The Labute approximate surface area is 130 Å². The van der Waals surface area contributed by atoms with Crippen molar-refractivity contribution in [3.8, 4) is 17.2 Å². The molecule has 120 valence electrons. The normalized spacial score (nSPS) is 29.5. The first-order chi connectivity index (χ1) is 10.7. The van der Waals surface area contributed by atoms with Gasteiger partial charge in [0.1, 0.15) is 5.60 Å². The summed E-state index contributed by atoms with van der Waals surface area (Å²) in [4.78, 5) is 0. The summed E-state index contributed by atoms with van der Waals surface area (Å²) in [6, 6.07) is 3.89. The first-order valence-corrected chi connectivity index (χ1v) is 7.43. The zero-order valence-electron chi connectivity index (χ0n) is 13.2. The lowest BCUT2D eigenvalue weighted by atomic mass is 9.82. The third-order valence-corrected chi connectivity index (χ3v) is 4.61. The van der Waals surface area contributed by atoms with Crippen LogP contribution in [0.3, 0.4) is 0 Å². The van der Waals surface area contributed by atoms with E-state index >= 15 is 0 Å². The molecule has 0 amide bonds. The number of hydrogen-bond donors (Lipinski definition) is 1. The van der Waals surface area contributed by atoms with Gasteiger partial charge in [-0.25, -0.2) is 0 Å². The number of fused-ring (bicyclic) bond motifs is 2. The maximum Gasteiger partial charge on any atom is 0.203 e. The lowest BCUT2D eigenvalue weighted by molar-refractivity contribution is -0.0527. The molecule has 2 aliphatic rings. The van der Waals surface area contributed by atoms with Crippen LogP contribution in [-0.2, 0) is 4.74 Å². The maximum atomic E-state index is 9.89. The Hall–Kier alpha value is -1.72. The van der Waals surface area contributed by atoms with E-state index in [0.717, 1.165) is 18.4 Å². The van der Waals surface area contributed by atoms with Gasteiger partial charge in [-0.05, 0) is 30.5 Å². The van der Waals surface area contributed by atoms with Gasteiger partial charge in [0.15, 0.2) is 11.5 Å². The monoisotopic (exact) mass is 306 g/mol. The topological polar surface area (TPSA) is 57.2 Å². The molecule has 2 bridgehead atoms. The second kappa shape index (κ2) is 5.82. The lowest BCUT2D eigenvalue weighted by Crippen LogP contribution is -2.37. The van der Waals surface area contributed by atoms with Gasteiger partial charge < -0.3 is 24.1 Å². The van der Waals surface area contributed by atoms with Gasteiger partial charge in [0.05, 0.1) is 34.0 Å². The highest BCUT2D eigenvalue weighted by molar-refractivity contribution is 5.55.